The van der Waals surface area contributed by atoms with Gasteiger partial charge in [-0.15, -0.1) is 0 Å². The molecule has 1 aromatic rings. The van der Waals surface area contributed by atoms with Crippen molar-refractivity contribution < 1.29 is 4.79 Å². The van der Waals surface area contributed by atoms with E-state index in [4.69, 9.17) is 5.73 Å². The number of hydrogen-bond acceptors (Lipinski definition) is 3. The van der Waals surface area contributed by atoms with Crippen LogP contribution in [0.25, 0.3) is 0 Å². The molecule has 1 atom stereocenters. The lowest BCUT2D eigenvalue weighted by Crippen LogP contribution is -2.34. The third-order valence-corrected chi connectivity index (χ3v) is 2.36. The minimum Gasteiger partial charge on any atom is -0.368 e. The second-order valence-electron chi connectivity index (χ2n) is 3.64. The molecule has 0 aromatic carbocycles. The van der Waals surface area contributed by atoms with Gasteiger partial charge in [0.15, 0.2) is 0 Å². The Morgan fingerprint density at radius 1 is 1.60 bits per heavy atom. The lowest BCUT2D eigenvalue weighted by Gasteiger charge is -2.15. The zero-order valence-electron chi connectivity index (χ0n) is 9.42. The molecule has 0 aliphatic carbocycles. The molecule has 0 radical (unpaired) electrons. The van der Waals surface area contributed by atoms with Gasteiger partial charge in [0.2, 0.25) is 5.91 Å². The van der Waals surface area contributed by atoms with Gasteiger partial charge in [-0.1, -0.05) is 6.92 Å². The van der Waals surface area contributed by atoms with Crippen molar-refractivity contribution in [3.8, 4) is 0 Å². The van der Waals surface area contributed by atoms with Crippen molar-refractivity contribution in [2.24, 2.45) is 5.73 Å². The van der Waals surface area contributed by atoms with Crippen molar-refractivity contribution >= 4 is 5.91 Å². The maximum Gasteiger partial charge on any atom is 0.239 e. The largest absolute Gasteiger partial charge is 0.368 e. The predicted molar refractivity (Wildman–Crippen MR) is 58.3 cm³/mol. The van der Waals surface area contributed by atoms with E-state index in [0.29, 0.717) is 0 Å². The van der Waals surface area contributed by atoms with Gasteiger partial charge in [-0.05, 0) is 26.8 Å². The molecule has 0 fully saturated rings. The number of nitrogens with two attached hydrogens (primary N) is 1. The Balaban J connectivity index is 2.93. The van der Waals surface area contributed by atoms with Crippen molar-refractivity contribution in [1.82, 2.24) is 15.5 Å². The number of aryl methyl sites for hydroxylation is 2. The number of aromatic nitrogens is 2. The Morgan fingerprint density at radius 2 is 2.27 bits per heavy atom. The minimum atomic E-state index is -0.441. The van der Waals surface area contributed by atoms with E-state index in [0.717, 1.165) is 29.9 Å². The van der Waals surface area contributed by atoms with Crippen molar-refractivity contribution in [2.45, 2.75) is 33.2 Å². The second-order valence-corrected chi connectivity index (χ2v) is 3.64. The molecule has 5 nitrogen and oxygen atoms in total. The molecule has 84 valence electrons. The summed E-state index contributed by atoms with van der Waals surface area (Å²) in [5.41, 5.74) is 7.94. The van der Waals surface area contributed by atoms with E-state index in [2.05, 4.69) is 15.5 Å². The summed E-state index contributed by atoms with van der Waals surface area (Å²) in [4.78, 5) is 11.3. The zero-order valence-corrected chi connectivity index (χ0v) is 9.42. The first-order valence-electron chi connectivity index (χ1n) is 5.12. The number of nitrogens with zero attached hydrogens (tertiary/aromatic N) is 1. The minimum absolute atomic E-state index is 0.365. The summed E-state index contributed by atoms with van der Waals surface area (Å²) in [7, 11) is 0. The van der Waals surface area contributed by atoms with Crippen LogP contribution in [0.15, 0.2) is 0 Å². The van der Waals surface area contributed by atoms with Gasteiger partial charge in [0.1, 0.15) is 6.04 Å². The van der Waals surface area contributed by atoms with Crippen LogP contribution in [0.3, 0.4) is 0 Å². The molecule has 0 spiro atoms. The summed E-state index contributed by atoms with van der Waals surface area (Å²) < 4.78 is 0. The Bertz CT molecular complexity index is 326. The monoisotopic (exact) mass is 210 g/mol. The van der Waals surface area contributed by atoms with Crippen LogP contribution in [0.2, 0.25) is 0 Å². The number of aromatic amines is 1. The molecule has 1 rings (SSSR count). The fraction of sp³-hybridized carbons (Fsp3) is 0.600. The first-order valence-corrected chi connectivity index (χ1v) is 5.12. The smallest absolute Gasteiger partial charge is 0.239 e. The fourth-order valence-corrected chi connectivity index (χ4v) is 1.62. The molecule has 0 bridgehead atoms. The molecule has 0 saturated carbocycles. The molecule has 1 amide bonds. The van der Waals surface area contributed by atoms with E-state index in [1.807, 2.05) is 20.8 Å². The lowest BCUT2D eigenvalue weighted by atomic mass is 10.0. The van der Waals surface area contributed by atoms with Crippen LogP contribution in [0.4, 0.5) is 0 Å². The van der Waals surface area contributed by atoms with E-state index in [9.17, 15) is 4.79 Å². The van der Waals surface area contributed by atoms with Crippen LogP contribution in [0, 0.1) is 13.8 Å². The molecule has 1 heterocycles. The van der Waals surface area contributed by atoms with Crippen molar-refractivity contribution in [3.63, 3.8) is 0 Å². The van der Waals surface area contributed by atoms with Gasteiger partial charge >= 0.3 is 0 Å². The van der Waals surface area contributed by atoms with Crippen LogP contribution in [0.5, 0.6) is 0 Å². The Hall–Kier alpha value is -1.36. The highest BCUT2D eigenvalue weighted by molar-refractivity contribution is 5.82. The summed E-state index contributed by atoms with van der Waals surface area (Å²) in [6, 6.07) is -0.441. The number of amides is 1. The average molecular weight is 210 g/mol. The summed E-state index contributed by atoms with van der Waals surface area (Å²) in [5, 5.41) is 10.0. The molecular formula is C10H18N4O. The molecule has 0 aliphatic heterocycles. The molecule has 1 aromatic heterocycles. The van der Waals surface area contributed by atoms with Gasteiger partial charge < -0.3 is 11.1 Å². The number of carbonyl (C=O) groups is 1. The third kappa shape index (κ3) is 2.56. The van der Waals surface area contributed by atoms with Gasteiger partial charge in [0.05, 0.1) is 5.69 Å². The van der Waals surface area contributed by atoms with Crippen molar-refractivity contribution in [1.29, 1.82) is 0 Å². The van der Waals surface area contributed by atoms with Crippen LogP contribution >= 0.6 is 0 Å². The Labute approximate surface area is 89.4 Å². The van der Waals surface area contributed by atoms with E-state index in [1.165, 1.54) is 0 Å². The highest BCUT2D eigenvalue weighted by Crippen LogP contribution is 2.19. The van der Waals surface area contributed by atoms with Crippen LogP contribution < -0.4 is 11.1 Å². The summed E-state index contributed by atoms with van der Waals surface area (Å²) >= 11 is 0. The molecule has 4 N–H and O–H groups in total. The maximum absolute atomic E-state index is 11.3. The van der Waals surface area contributed by atoms with Crippen LogP contribution in [-0.2, 0) is 4.79 Å². The van der Waals surface area contributed by atoms with Gasteiger partial charge in [-0.2, -0.15) is 5.10 Å². The van der Waals surface area contributed by atoms with Gasteiger partial charge in [0, 0.05) is 11.3 Å². The SMILES string of the molecule is CCCNC(C(N)=O)c1c(C)n[nH]c1C. The standard InChI is InChI=1S/C10H18N4O/c1-4-5-12-9(10(11)15)8-6(2)13-14-7(8)3/h9,12H,4-5H2,1-3H3,(H2,11,15)(H,13,14). The molecule has 0 saturated heterocycles. The Kier molecular flexibility index (Phi) is 3.85. The van der Waals surface area contributed by atoms with Gasteiger partial charge in [-0.25, -0.2) is 0 Å². The molecule has 15 heavy (non-hydrogen) atoms. The maximum atomic E-state index is 11.3. The molecule has 0 aliphatic rings. The van der Waals surface area contributed by atoms with Crippen molar-refractivity contribution in [2.75, 3.05) is 6.54 Å². The quantitative estimate of drug-likeness (QED) is 0.663. The van der Waals surface area contributed by atoms with Gasteiger partial charge in [0.25, 0.3) is 0 Å². The first-order chi connectivity index (χ1) is 7.07. The number of rotatable bonds is 5. The highest BCUT2D eigenvalue weighted by Gasteiger charge is 2.22. The Morgan fingerprint density at radius 3 is 2.67 bits per heavy atom. The summed E-state index contributed by atoms with van der Waals surface area (Å²) in [5.74, 6) is -0.365. The first kappa shape index (κ1) is 11.7. The van der Waals surface area contributed by atoms with Crippen LogP contribution in [0.1, 0.15) is 36.3 Å². The lowest BCUT2D eigenvalue weighted by molar-refractivity contribution is -0.120. The van der Waals surface area contributed by atoms with E-state index in [-0.39, 0.29) is 5.91 Å². The summed E-state index contributed by atoms with van der Waals surface area (Å²) in [6.07, 6.45) is 0.958. The van der Waals surface area contributed by atoms with E-state index in [1.54, 1.807) is 0 Å². The number of hydrogen-bond donors (Lipinski definition) is 3. The normalized spacial score (nSPS) is 12.7. The molecular weight excluding hydrogens is 192 g/mol. The fourth-order valence-electron chi connectivity index (χ4n) is 1.62. The second kappa shape index (κ2) is 4.93. The predicted octanol–water partition coefficient (Wildman–Crippen LogP) is 0.553. The third-order valence-electron chi connectivity index (χ3n) is 2.36. The number of nitrogens with one attached hydrogen (secondary N) is 2. The molecule has 5 heteroatoms. The topological polar surface area (TPSA) is 83.8 Å². The van der Waals surface area contributed by atoms with Crippen molar-refractivity contribution in [3.05, 3.63) is 17.0 Å². The number of primary amides is 1. The summed E-state index contributed by atoms with van der Waals surface area (Å²) in [6.45, 7) is 6.55. The van der Waals surface area contributed by atoms with Gasteiger partial charge in [-0.3, -0.25) is 9.89 Å². The average Bonchev–Trinajstić information content (AvgIpc) is 2.49. The van der Waals surface area contributed by atoms with E-state index >= 15 is 0 Å². The zero-order chi connectivity index (χ0) is 11.4. The van der Waals surface area contributed by atoms with Crippen LogP contribution in [-0.4, -0.2) is 22.6 Å². The number of carbonyl (C=O) groups excluding carboxylic acids is 1. The number of H-pyrrole nitrogens is 1. The highest BCUT2D eigenvalue weighted by atomic mass is 16.1. The molecule has 1 unspecified atom stereocenters. The van der Waals surface area contributed by atoms with E-state index < -0.39 is 6.04 Å².